The zero-order chi connectivity index (χ0) is 17.7. The molecule has 2 nitrogen and oxygen atoms in total. The van der Waals surface area contributed by atoms with Crippen LogP contribution in [0.2, 0.25) is 0 Å². The third-order valence-electron chi connectivity index (χ3n) is 3.74. The summed E-state index contributed by atoms with van der Waals surface area (Å²) < 4.78 is 15.0. The Labute approximate surface area is 164 Å². The van der Waals surface area contributed by atoms with Crippen molar-refractivity contribution in [2.45, 2.75) is 12.3 Å². The number of hydrogen-bond donors (Lipinski definition) is 0. The molecule has 0 N–H and O–H groups in total. The fourth-order valence-corrected chi connectivity index (χ4v) is 4.16. The number of amides is 1. The van der Waals surface area contributed by atoms with E-state index in [1.54, 1.807) is 24.1 Å². The van der Waals surface area contributed by atoms with Crippen LogP contribution in [-0.4, -0.2) is 24.4 Å². The Morgan fingerprint density at radius 2 is 2.00 bits per heavy atom. The molecule has 126 valence electrons. The smallest absolute Gasteiger partial charge is 0.253 e. The summed E-state index contributed by atoms with van der Waals surface area (Å²) in [6.45, 7) is 4.33. The molecule has 2 rings (SSSR count). The first kappa shape index (κ1) is 19.1. The molecule has 0 spiro atoms. The predicted octanol–water partition coefficient (Wildman–Crippen LogP) is 5.62. The predicted molar refractivity (Wildman–Crippen MR) is 108 cm³/mol. The number of halogens is 3. The van der Waals surface area contributed by atoms with Crippen molar-refractivity contribution in [3.05, 3.63) is 80.1 Å². The molecule has 0 aliphatic rings. The molecular formula is C19H18BrFINO. The lowest BCUT2D eigenvalue weighted by Gasteiger charge is -2.24. The van der Waals surface area contributed by atoms with Crippen LogP contribution in [0.4, 0.5) is 4.39 Å². The molecule has 0 unspecified atom stereocenters. The van der Waals surface area contributed by atoms with Gasteiger partial charge in [0.1, 0.15) is 5.82 Å². The van der Waals surface area contributed by atoms with E-state index in [0.717, 1.165) is 20.0 Å². The largest absolute Gasteiger partial charge is 0.341 e. The van der Waals surface area contributed by atoms with Crippen molar-refractivity contribution < 1.29 is 9.18 Å². The molecule has 0 saturated carbocycles. The highest BCUT2D eigenvalue weighted by Crippen LogP contribution is 2.23. The van der Waals surface area contributed by atoms with E-state index < -0.39 is 0 Å². The highest BCUT2D eigenvalue weighted by Gasteiger charge is 2.18. The summed E-state index contributed by atoms with van der Waals surface area (Å²) in [5.74, 6) is -0.210. The lowest BCUT2D eigenvalue weighted by molar-refractivity contribution is 0.0786. The minimum absolute atomic E-state index is 0.0367. The van der Waals surface area contributed by atoms with Crippen molar-refractivity contribution in [2.75, 3.05) is 13.6 Å². The molecule has 0 aliphatic heterocycles. The van der Waals surface area contributed by atoms with Gasteiger partial charge in [0.2, 0.25) is 0 Å². The summed E-state index contributed by atoms with van der Waals surface area (Å²) in [6, 6.07) is 12.1. The topological polar surface area (TPSA) is 20.3 Å². The first-order valence-corrected chi connectivity index (χ1v) is 9.35. The zero-order valence-electron chi connectivity index (χ0n) is 13.3. The average molecular weight is 502 g/mol. The van der Waals surface area contributed by atoms with E-state index in [1.165, 1.54) is 12.1 Å². The fourth-order valence-electron chi connectivity index (χ4n) is 2.56. The molecule has 24 heavy (non-hydrogen) atoms. The molecule has 0 bridgehead atoms. The first-order valence-electron chi connectivity index (χ1n) is 7.48. The lowest BCUT2D eigenvalue weighted by Crippen LogP contribution is -2.31. The van der Waals surface area contributed by atoms with Crippen molar-refractivity contribution in [3.63, 3.8) is 0 Å². The van der Waals surface area contributed by atoms with E-state index in [1.807, 2.05) is 24.3 Å². The quantitative estimate of drug-likeness (QED) is 0.371. The van der Waals surface area contributed by atoms with Gasteiger partial charge in [-0.3, -0.25) is 4.79 Å². The molecule has 0 saturated heterocycles. The minimum atomic E-state index is -0.260. The first-order chi connectivity index (χ1) is 11.4. The monoisotopic (exact) mass is 501 g/mol. The number of hydrogen-bond acceptors (Lipinski definition) is 1. The fraction of sp³-hybridized carbons (Fsp3) is 0.211. The molecule has 0 radical (unpaired) electrons. The maximum Gasteiger partial charge on any atom is 0.253 e. The third-order valence-corrected chi connectivity index (χ3v) is 4.82. The highest BCUT2D eigenvalue weighted by molar-refractivity contribution is 14.1. The number of rotatable bonds is 6. The van der Waals surface area contributed by atoms with Crippen molar-refractivity contribution in [1.82, 2.24) is 4.90 Å². The number of likely N-dealkylation sites (N-methyl/N-ethyl adjacent to an activating group) is 1. The second-order valence-corrected chi connectivity index (χ2v) is 7.78. The van der Waals surface area contributed by atoms with Crippen LogP contribution in [0.3, 0.4) is 0 Å². The second kappa shape index (κ2) is 8.76. The SMILES string of the molecule is C=CC[C@H](CN(C)C(=O)c1cc(Br)cc(I)c1)c1ccc(F)cc1. The van der Waals surface area contributed by atoms with E-state index >= 15 is 0 Å². The van der Waals surface area contributed by atoms with Crippen LogP contribution in [-0.2, 0) is 0 Å². The van der Waals surface area contributed by atoms with Gasteiger partial charge < -0.3 is 4.90 Å². The standard InChI is InChI=1S/C19H18BrFINO/c1-3-4-14(13-5-7-17(21)8-6-13)12-23(2)19(24)15-9-16(20)11-18(22)10-15/h3,5-11,14H,1,4,12H2,2H3/t14-/m1/s1. The molecule has 0 fully saturated rings. The summed E-state index contributed by atoms with van der Waals surface area (Å²) in [5, 5.41) is 0. The van der Waals surface area contributed by atoms with E-state index in [2.05, 4.69) is 45.1 Å². The van der Waals surface area contributed by atoms with Gasteiger partial charge >= 0.3 is 0 Å². The van der Waals surface area contributed by atoms with Gasteiger partial charge in [0.25, 0.3) is 5.91 Å². The number of nitrogens with zero attached hydrogens (tertiary/aromatic N) is 1. The van der Waals surface area contributed by atoms with Crippen molar-refractivity contribution in [1.29, 1.82) is 0 Å². The van der Waals surface area contributed by atoms with Crippen LogP contribution in [0.15, 0.2) is 59.6 Å². The van der Waals surface area contributed by atoms with Gasteiger partial charge in [-0.2, -0.15) is 0 Å². The van der Waals surface area contributed by atoms with Gasteiger partial charge in [0, 0.05) is 33.1 Å². The number of carbonyl (C=O) groups is 1. The van der Waals surface area contributed by atoms with Gasteiger partial charge in [-0.05, 0) is 64.9 Å². The molecule has 0 aromatic heterocycles. The zero-order valence-corrected chi connectivity index (χ0v) is 17.1. The van der Waals surface area contributed by atoms with Gasteiger partial charge in [-0.25, -0.2) is 4.39 Å². The average Bonchev–Trinajstić information content (AvgIpc) is 2.53. The summed E-state index contributed by atoms with van der Waals surface area (Å²) in [7, 11) is 1.79. The van der Waals surface area contributed by atoms with E-state index in [-0.39, 0.29) is 17.6 Å². The number of allylic oxidation sites excluding steroid dienone is 1. The Bertz CT molecular complexity index is 712. The number of carbonyl (C=O) groups excluding carboxylic acids is 1. The Morgan fingerprint density at radius 3 is 2.58 bits per heavy atom. The molecular weight excluding hydrogens is 484 g/mol. The summed E-state index contributed by atoms with van der Waals surface area (Å²) in [6.07, 6.45) is 2.55. The molecule has 2 aromatic carbocycles. The Morgan fingerprint density at radius 1 is 1.33 bits per heavy atom. The number of benzene rings is 2. The van der Waals surface area contributed by atoms with Crippen LogP contribution >= 0.6 is 38.5 Å². The van der Waals surface area contributed by atoms with Crippen molar-refractivity contribution in [2.24, 2.45) is 0 Å². The van der Waals surface area contributed by atoms with Crippen LogP contribution in [0, 0.1) is 9.39 Å². The molecule has 5 heteroatoms. The van der Waals surface area contributed by atoms with Crippen molar-refractivity contribution in [3.8, 4) is 0 Å². The molecule has 1 atom stereocenters. The maximum absolute atomic E-state index is 13.1. The van der Waals surface area contributed by atoms with Crippen LogP contribution in [0.25, 0.3) is 0 Å². The molecule has 0 heterocycles. The maximum atomic E-state index is 13.1. The summed E-state index contributed by atoms with van der Waals surface area (Å²) >= 11 is 5.61. The molecule has 1 amide bonds. The van der Waals surface area contributed by atoms with Gasteiger partial charge in [-0.1, -0.05) is 34.1 Å². The van der Waals surface area contributed by atoms with Crippen LogP contribution in [0.1, 0.15) is 28.3 Å². The lowest BCUT2D eigenvalue weighted by atomic mass is 9.95. The second-order valence-electron chi connectivity index (χ2n) is 5.62. The van der Waals surface area contributed by atoms with E-state index in [9.17, 15) is 9.18 Å². The molecule has 0 aliphatic carbocycles. The van der Waals surface area contributed by atoms with Crippen LogP contribution < -0.4 is 0 Å². The minimum Gasteiger partial charge on any atom is -0.341 e. The normalized spacial score (nSPS) is 11.8. The van der Waals surface area contributed by atoms with E-state index in [0.29, 0.717) is 12.1 Å². The molecule has 2 aromatic rings. The Hall–Kier alpha value is -1.21. The van der Waals surface area contributed by atoms with E-state index in [4.69, 9.17) is 0 Å². The third kappa shape index (κ3) is 5.14. The van der Waals surface area contributed by atoms with Crippen molar-refractivity contribution >= 4 is 44.4 Å². The summed E-state index contributed by atoms with van der Waals surface area (Å²) in [5.41, 5.74) is 1.65. The van der Waals surface area contributed by atoms with Gasteiger partial charge in [0.15, 0.2) is 0 Å². The van der Waals surface area contributed by atoms with Gasteiger partial charge in [-0.15, -0.1) is 6.58 Å². The highest BCUT2D eigenvalue weighted by atomic mass is 127. The summed E-state index contributed by atoms with van der Waals surface area (Å²) in [4.78, 5) is 14.4. The van der Waals surface area contributed by atoms with Crippen LogP contribution in [0.5, 0.6) is 0 Å². The van der Waals surface area contributed by atoms with Gasteiger partial charge in [0.05, 0.1) is 0 Å². The Balaban J connectivity index is 2.17. The Kier molecular flexibility index (Phi) is 6.98.